The minimum atomic E-state index is -0.508. The molecule has 3 amide bonds. The molecule has 1 aliphatic carbocycles. The van der Waals surface area contributed by atoms with E-state index in [4.69, 9.17) is 5.73 Å². The van der Waals surface area contributed by atoms with Gasteiger partial charge < -0.3 is 11.1 Å². The number of hydrogen-bond acceptors (Lipinski definition) is 4. The van der Waals surface area contributed by atoms with E-state index in [2.05, 4.69) is 15.8 Å². The third-order valence-corrected chi connectivity index (χ3v) is 3.14. The number of hydrazone groups is 1. The van der Waals surface area contributed by atoms with Gasteiger partial charge in [0.15, 0.2) is 0 Å². The number of rotatable bonds is 6. The fourth-order valence-electron chi connectivity index (χ4n) is 1.80. The number of benzene rings is 1. The van der Waals surface area contributed by atoms with E-state index >= 15 is 0 Å². The number of carbonyl (C=O) groups is 3. The van der Waals surface area contributed by atoms with Crippen LogP contribution >= 0.6 is 0 Å². The Morgan fingerprint density at radius 1 is 1.23 bits per heavy atom. The summed E-state index contributed by atoms with van der Waals surface area (Å²) in [6, 6.07) is 6.51. The van der Waals surface area contributed by atoms with Crippen molar-refractivity contribution in [3.63, 3.8) is 0 Å². The standard InChI is InChI=1S/C15H18N4O3/c1-9(8-13(16)20)18-19-15(22)11-4-6-12(7-5-11)17-14(21)10-2-3-10/h4-7,10H,2-3,8H2,1H3,(H2,16,20)(H,17,21)(H,19,22). The van der Waals surface area contributed by atoms with Crippen molar-refractivity contribution >= 4 is 29.1 Å². The zero-order valence-electron chi connectivity index (χ0n) is 12.3. The number of nitrogens with one attached hydrogen (secondary N) is 2. The predicted octanol–water partition coefficient (Wildman–Crippen LogP) is 1.02. The first-order chi connectivity index (χ1) is 10.5. The van der Waals surface area contributed by atoms with E-state index in [0.29, 0.717) is 17.0 Å². The Hall–Kier alpha value is -2.70. The number of carbonyl (C=O) groups excluding carboxylic acids is 3. The van der Waals surface area contributed by atoms with Crippen LogP contribution in [0, 0.1) is 5.92 Å². The molecule has 0 unspecified atom stereocenters. The molecular formula is C15H18N4O3. The molecule has 0 radical (unpaired) electrons. The molecule has 0 heterocycles. The minimum Gasteiger partial charge on any atom is -0.369 e. The molecule has 0 aliphatic heterocycles. The van der Waals surface area contributed by atoms with Crippen LogP contribution in [-0.4, -0.2) is 23.4 Å². The van der Waals surface area contributed by atoms with Crippen molar-refractivity contribution in [1.29, 1.82) is 0 Å². The van der Waals surface area contributed by atoms with Crippen LogP contribution in [0.15, 0.2) is 29.4 Å². The van der Waals surface area contributed by atoms with Gasteiger partial charge in [-0.25, -0.2) is 5.43 Å². The first-order valence-electron chi connectivity index (χ1n) is 6.98. The number of nitrogens with two attached hydrogens (primary N) is 1. The molecule has 4 N–H and O–H groups in total. The van der Waals surface area contributed by atoms with Gasteiger partial charge in [-0.2, -0.15) is 5.10 Å². The van der Waals surface area contributed by atoms with Crippen molar-refractivity contribution in [2.75, 3.05) is 5.32 Å². The highest BCUT2D eigenvalue weighted by Gasteiger charge is 2.29. The molecule has 0 bridgehead atoms. The first-order valence-corrected chi connectivity index (χ1v) is 6.98. The summed E-state index contributed by atoms with van der Waals surface area (Å²) in [7, 11) is 0. The van der Waals surface area contributed by atoms with Gasteiger partial charge in [-0.15, -0.1) is 0 Å². The van der Waals surface area contributed by atoms with Crippen LogP contribution in [-0.2, 0) is 9.59 Å². The summed E-state index contributed by atoms with van der Waals surface area (Å²) < 4.78 is 0. The van der Waals surface area contributed by atoms with Crippen molar-refractivity contribution in [3.05, 3.63) is 29.8 Å². The SMILES string of the molecule is CC(CC(N)=O)=NNC(=O)c1ccc(NC(=O)C2CC2)cc1. The summed E-state index contributed by atoms with van der Waals surface area (Å²) in [4.78, 5) is 34.2. The number of primary amides is 1. The van der Waals surface area contributed by atoms with Crippen molar-refractivity contribution in [3.8, 4) is 0 Å². The molecule has 7 heteroatoms. The lowest BCUT2D eigenvalue weighted by molar-refractivity contribution is -0.117. The maximum absolute atomic E-state index is 11.9. The van der Waals surface area contributed by atoms with Crippen LogP contribution in [0.4, 0.5) is 5.69 Å². The lowest BCUT2D eigenvalue weighted by Crippen LogP contribution is -2.21. The van der Waals surface area contributed by atoms with E-state index in [9.17, 15) is 14.4 Å². The topological polar surface area (TPSA) is 114 Å². The summed E-state index contributed by atoms with van der Waals surface area (Å²) in [5, 5.41) is 6.58. The van der Waals surface area contributed by atoms with Crippen LogP contribution in [0.5, 0.6) is 0 Å². The average Bonchev–Trinajstić information content (AvgIpc) is 3.29. The van der Waals surface area contributed by atoms with Crippen molar-refractivity contribution in [1.82, 2.24) is 5.43 Å². The van der Waals surface area contributed by atoms with Gasteiger partial charge in [0, 0.05) is 22.9 Å². The summed E-state index contributed by atoms with van der Waals surface area (Å²) >= 11 is 0. The molecule has 0 saturated heterocycles. The minimum absolute atomic E-state index is 0.00752. The molecule has 1 saturated carbocycles. The Labute approximate surface area is 127 Å². The van der Waals surface area contributed by atoms with E-state index in [1.807, 2.05) is 0 Å². The Kier molecular flexibility index (Phi) is 4.88. The average molecular weight is 302 g/mol. The molecule has 1 aromatic rings. The summed E-state index contributed by atoms with van der Waals surface area (Å²) in [5.74, 6) is -0.760. The van der Waals surface area contributed by atoms with Gasteiger partial charge >= 0.3 is 0 Å². The zero-order valence-corrected chi connectivity index (χ0v) is 12.3. The highest BCUT2D eigenvalue weighted by atomic mass is 16.2. The lowest BCUT2D eigenvalue weighted by atomic mass is 10.2. The molecular weight excluding hydrogens is 284 g/mol. The second-order valence-corrected chi connectivity index (χ2v) is 5.27. The van der Waals surface area contributed by atoms with E-state index in [1.165, 1.54) is 0 Å². The van der Waals surface area contributed by atoms with Gasteiger partial charge in [-0.05, 0) is 44.0 Å². The molecule has 1 aromatic carbocycles. The molecule has 116 valence electrons. The second-order valence-electron chi connectivity index (χ2n) is 5.27. The number of anilines is 1. The van der Waals surface area contributed by atoms with Gasteiger partial charge in [0.25, 0.3) is 5.91 Å². The van der Waals surface area contributed by atoms with Crippen LogP contribution < -0.4 is 16.5 Å². The van der Waals surface area contributed by atoms with Gasteiger partial charge in [0.2, 0.25) is 11.8 Å². The van der Waals surface area contributed by atoms with Gasteiger partial charge in [-0.3, -0.25) is 14.4 Å². The fourth-order valence-corrected chi connectivity index (χ4v) is 1.80. The Balaban J connectivity index is 1.90. The van der Waals surface area contributed by atoms with E-state index in [1.54, 1.807) is 31.2 Å². The maximum atomic E-state index is 11.9. The number of amides is 3. The van der Waals surface area contributed by atoms with E-state index < -0.39 is 11.8 Å². The maximum Gasteiger partial charge on any atom is 0.271 e. The largest absolute Gasteiger partial charge is 0.369 e. The van der Waals surface area contributed by atoms with Gasteiger partial charge in [0.1, 0.15) is 0 Å². The summed E-state index contributed by atoms with van der Waals surface area (Å²) in [6.07, 6.45) is 1.87. The van der Waals surface area contributed by atoms with Crippen molar-refractivity contribution in [2.24, 2.45) is 16.8 Å². The Bertz CT molecular complexity index is 618. The summed E-state index contributed by atoms with van der Waals surface area (Å²) in [6.45, 7) is 1.60. The Morgan fingerprint density at radius 3 is 2.41 bits per heavy atom. The highest BCUT2D eigenvalue weighted by Crippen LogP contribution is 2.30. The number of nitrogens with zero attached hydrogens (tertiary/aromatic N) is 1. The van der Waals surface area contributed by atoms with Crippen molar-refractivity contribution < 1.29 is 14.4 Å². The summed E-state index contributed by atoms with van der Waals surface area (Å²) in [5.41, 5.74) is 8.85. The smallest absolute Gasteiger partial charge is 0.271 e. The van der Waals surface area contributed by atoms with Crippen LogP contribution in [0.2, 0.25) is 0 Å². The predicted molar refractivity (Wildman–Crippen MR) is 82.2 cm³/mol. The Morgan fingerprint density at radius 2 is 1.86 bits per heavy atom. The quantitative estimate of drug-likeness (QED) is 0.538. The van der Waals surface area contributed by atoms with Gasteiger partial charge in [0.05, 0.1) is 6.42 Å². The molecule has 22 heavy (non-hydrogen) atoms. The highest BCUT2D eigenvalue weighted by molar-refractivity contribution is 6.01. The van der Waals surface area contributed by atoms with Gasteiger partial charge in [-0.1, -0.05) is 0 Å². The van der Waals surface area contributed by atoms with Crippen LogP contribution in [0.25, 0.3) is 0 Å². The third-order valence-electron chi connectivity index (χ3n) is 3.14. The fraction of sp³-hybridized carbons (Fsp3) is 0.333. The first kappa shape index (κ1) is 15.7. The zero-order chi connectivity index (χ0) is 16.1. The van der Waals surface area contributed by atoms with E-state index in [-0.39, 0.29) is 18.2 Å². The molecule has 7 nitrogen and oxygen atoms in total. The van der Waals surface area contributed by atoms with E-state index in [0.717, 1.165) is 12.8 Å². The van der Waals surface area contributed by atoms with Crippen LogP contribution in [0.1, 0.15) is 36.5 Å². The second kappa shape index (κ2) is 6.84. The molecule has 1 aliphatic rings. The van der Waals surface area contributed by atoms with Crippen LogP contribution in [0.3, 0.4) is 0 Å². The normalized spacial score (nSPS) is 14.3. The molecule has 0 aromatic heterocycles. The lowest BCUT2D eigenvalue weighted by Gasteiger charge is -2.05. The van der Waals surface area contributed by atoms with Crippen molar-refractivity contribution in [2.45, 2.75) is 26.2 Å². The molecule has 0 spiro atoms. The third kappa shape index (κ3) is 4.69. The molecule has 0 atom stereocenters. The molecule has 1 fully saturated rings. The number of hydrogen-bond donors (Lipinski definition) is 3. The monoisotopic (exact) mass is 302 g/mol. The molecule has 2 rings (SSSR count).